The van der Waals surface area contributed by atoms with Gasteiger partial charge in [-0.1, -0.05) is 20.8 Å². The van der Waals surface area contributed by atoms with E-state index in [2.05, 4.69) is 25.7 Å². The number of nitrogen functional groups attached to an aromatic ring is 1. The molecule has 6 heteroatoms. The Balaban J connectivity index is 0.000000486. The molecule has 0 heterocycles. The summed E-state index contributed by atoms with van der Waals surface area (Å²) < 4.78 is 0. The van der Waals surface area contributed by atoms with E-state index >= 15 is 0 Å². The Labute approximate surface area is 125 Å². The monoisotopic (exact) mass is 296 g/mol. The highest BCUT2D eigenvalue weighted by Crippen LogP contribution is 2.18. The van der Waals surface area contributed by atoms with Crippen molar-refractivity contribution in [3.8, 4) is 0 Å². The maximum Gasteiger partial charge on any atom is 0.336 e. The molecule has 0 aromatic heterocycles. The Bertz CT molecular complexity index is 452. The molecule has 4 N–H and O–H groups in total. The standard InChI is InChI=1S/C9H9NO4.C6H15N/c1-4-2-5(8(11)12)6(9(13)14)3-7(4)10;1-4-7(5-2)6-3/h2-3H,10H2,1H3,(H,11,12)(H,13,14);4-6H2,1-3H3. The van der Waals surface area contributed by atoms with Crippen LogP contribution in [0.25, 0.3) is 0 Å². The molecule has 0 bridgehead atoms. The summed E-state index contributed by atoms with van der Waals surface area (Å²) in [7, 11) is 0. The number of aryl methyl sites for hydroxylation is 1. The van der Waals surface area contributed by atoms with Crippen LogP contribution in [-0.4, -0.2) is 46.7 Å². The SMILES string of the molecule is CCN(CC)CC.Cc1cc(C(=O)O)c(C(=O)O)cc1N. The molecular formula is C15H24N2O4. The topological polar surface area (TPSA) is 104 Å². The van der Waals surface area contributed by atoms with Gasteiger partial charge in [0.25, 0.3) is 0 Å². The Morgan fingerprint density at radius 2 is 1.38 bits per heavy atom. The molecular weight excluding hydrogens is 272 g/mol. The van der Waals surface area contributed by atoms with Crippen LogP contribution < -0.4 is 5.73 Å². The molecule has 0 amide bonds. The number of hydrogen-bond acceptors (Lipinski definition) is 4. The molecule has 0 aliphatic heterocycles. The fourth-order valence-corrected chi connectivity index (χ4v) is 1.75. The molecule has 0 unspecified atom stereocenters. The second-order valence-electron chi connectivity index (χ2n) is 4.48. The molecule has 118 valence electrons. The number of aromatic carboxylic acids is 2. The van der Waals surface area contributed by atoms with Crippen LogP contribution in [0.15, 0.2) is 12.1 Å². The van der Waals surface area contributed by atoms with Gasteiger partial charge in [0, 0.05) is 5.69 Å². The van der Waals surface area contributed by atoms with Gasteiger partial charge in [-0.25, -0.2) is 9.59 Å². The normalized spacial score (nSPS) is 9.95. The van der Waals surface area contributed by atoms with Crippen LogP contribution in [0, 0.1) is 6.92 Å². The van der Waals surface area contributed by atoms with Crippen LogP contribution in [0.5, 0.6) is 0 Å². The van der Waals surface area contributed by atoms with E-state index in [1.165, 1.54) is 25.7 Å². The molecule has 21 heavy (non-hydrogen) atoms. The molecule has 0 saturated heterocycles. The quantitative estimate of drug-likeness (QED) is 0.720. The zero-order chi connectivity index (χ0) is 16.6. The zero-order valence-electron chi connectivity index (χ0n) is 13.0. The summed E-state index contributed by atoms with van der Waals surface area (Å²) in [5.41, 5.74) is 5.75. The van der Waals surface area contributed by atoms with Gasteiger partial charge in [-0.15, -0.1) is 0 Å². The van der Waals surface area contributed by atoms with Crippen molar-refractivity contribution in [2.75, 3.05) is 25.4 Å². The Hall–Kier alpha value is -2.08. The molecule has 0 spiro atoms. The van der Waals surface area contributed by atoms with E-state index in [0.29, 0.717) is 5.56 Å². The van der Waals surface area contributed by atoms with E-state index in [1.54, 1.807) is 6.92 Å². The number of hydrogen-bond donors (Lipinski definition) is 3. The molecule has 6 nitrogen and oxygen atoms in total. The van der Waals surface area contributed by atoms with Crippen molar-refractivity contribution < 1.29 is 19.8 Å². The molecule has 1 rings (SSSR count). The van der Waals surface area contributed by atoms with Crippen LogP contribution in [-0.2, 0) is 0 Å². The van der Waals surface area contributed by atoms with Crippen LogP contribution in [0.2, 0.25) is 0 Å². The van der Waals surface area contributed by atoms with Gasteiger partial charge in [0.05, 0.1) is 11.1 Å². The maximum atomic E-state index is 10.7. The predicted octanol–water partition coefficient (Wildman–Crippen LogP) is 2.32. The number of rotatable bonds is 5. The lowest BCUT2D eigenvalue weighted by Gasteiger charge is -2.13. The van der Waals surface area contributed by atoms with Gasteiger partial charge in [-0.05, 0) is 44.3 Å². The van der Waals surface area contributed by atoms with Crippen LogP contribution in [0.1, 0.15) is 47.1 Å². The van der Waals surface area contributed by atoms with E-state index in [9.17, 15) is 9.59 Å². The molecule has 0 saturated carbocycles. The number of anilines is 1. The molecule has 0 atom stereocenters. The lowest BCUT2D eigenvalue weighted by atomic mass is 10.0. The molecule has 0 aliphatic rings. The van der Waals surface area contributed by atoms with Crippen molar-refractivity contribution in [1.29, 1.82) is 0 Å². The average molecular weight is 296 g/mol. The molecule has 0 radical (unpaired) electrons. The number of carboxylic acid groups (broad SMARTS) is 2. The predicted molar refractivity (Wildman–Crippen MR) is 83.0 cm³/mol. The minimum absolute atomic E-state index is 0.246. The minimum Gasteiger partial charge on any atom is -0.478 e. The number of nitrogens with two attached hydrogens (primary N) is 1. The van der Waals surface area contributed by atoms with Crippen molar-refractivity contribution in [2.45, 2.75) is 27.7 Å². The second kappa shape index (κ2) is 8.97. The van der Waals surface area contributed by atoms with Crippen molar-refractivity contribution in [1.82, 2.24) is 4.90 Å². The first kappa shape index (κ1) is 18.9. The van der Waals surface area contributed by atoms with Crippen molar-refractivity contribution in [3.63, 3.8) is 0 Å². The summed E-state index contributed by atoms with van der Waals surface area (Å²) in [4.78, 5) is 23.7. The molecule has 1 aromatic rings. The lowest BCUT2D eigenvalue weighted by molar-refractivity contribution is 0.0651. The van der Waals surface area contributed by atoms with E-state index in [0.717, 1.165) is 6.07 Å². The van der Waals surface area contributed by atoms with Crippen molar-refractivity contribution in [2.24, 2.45) is 0 Å². The van der Waals surface area contributed by atoms with Crippen molar-refractivity contribution >= 4 is 17.6 Å². The third kappa shape index (κ3) is 5.83. The van der Waals surface area contributed by atoms with E-state index in [-0.39, 0.29) is 16.8 Å². The first-order chi connectivity index (χ1) is 9.78. The van der Waals surface area contributed by atoms with Gasteiger partial charge in [-0.2, -0.15) is 0 Å². The second-order valence-corrected chi connectivity index (χ2v) is 4.48. The smallest absolute Gasteiger partial charge is 0.336 e. The third-order valence-corrected chi connectivity index (χ3v) is 3.21. The first-order valence-corrected chi connectivity index (χ1v) is 6.87. The molecule has 0 aliphatic carbocycles. The minimum atomic E-state index is -1.30. The number of carbonyl (C=O) groups is 2. The van der Waals surface area contributed by atoms with Gasteiger partial charge in [0.2, 0.25) is 0 Å². The van der Waals surface area contributed by atoms with E-state index in [4.69, 9.17) is 15.9 Å². The zero-order valence-corrected chi connectivity index (χ0v) is 13.0. The van der Waals surface area contributed by atoms with Gasteiger partial charge < -0.3 is 20.8 Å². The van der Waals surface area contributed by atoms with E-state index < -0.39 is 11.9 Å². The van der Waals surface area contributed by atoms with E-state index in [1.807, 2.05) is 0 Å². The van der Waals surface area contributed by atoms with Gasteiger partial charge in [0.15, 0.2) is 0 Å². The van der Waals surface area contributed by atoms with Crippen LogP contribution in [0.4, 0.5) is 5.69 Å². The maximum absolute atomic E-state index is 10.7. The summed E-state index contributed by atoms with van der Waals surface area (Å²) in [6.07, 6.45) is 0. The summed E-state index contributed by atoms with van der Waals surface area (Å²) in [5, 5.41) is 17.4. The average Bonchev–Trinajstić information content (AvgIpc) is 2.43. The highest BCUT2D eigenvalue weighted by Gasteiger charge is 2.17. The Kier molecular flexibility index (Phi) is 8.08. The highest BCUT2D eigenvalue weighted by atomic mass is 16.4. The lowest BCUT2D eigenvalue weighted by Crippen LogP contribution is -2.21. The van der Waals surface area contributed by atoms with Crippen LogP contribution in [0.3, 0.4) is 0 Å². The van der Waals surface area contributed by atoms with Crippen LogP contribution >= 0.6 is 0 Å². The van der Waals surface area contributed by atoms with Crippen molar-refractivity contribution in [3.05, 3.63) is 28.8 Å². The fraction of sp³-hybridized carbons (Fsp3) is 0.467. The highest BCUT2D eigenvalue weighted by molar-refractivity contribution is 6.02. The summed E-state index contributed by atoms with van der Waals surface area (Å²) in [6, 6.07) is 2.40. The Morgan fingerprint density at radius 3 is 1.67 bits per heavy atom. The summed E-state index contributed by atoms with van der Waals surface area (Å²) in [5.74, 6) is -2.57. The van der Waals surface area contributed by atoms with Gasteiger partial charge in [-0.3, -0.25) is 0 Å². The largest absolute Gasteiger partial charge is 0.478 e. The third-order valence-electron chi connectivity index (χ3n) is 3.21. The van der Waals surface area contributed by atoms with Gasteiger partial charge >= 0.3 is 11.9 Å². The molecule has 1 aromatic carbocycles. The number of carboxylic acids is 2. The first-order valence-electron chi connectivity index (χ1n) is 6.87. The van der Waals surface area contributed by atoms with Gasteiger partial charge in [0.1, 0.15) is 0 Å². The number of nitrogens with zero attached hydrogens (tertiary/aromatic N) is 1. The summed E-state index contributed by atoms with van der Waals surface area (Å²) >= 11 is 0. The molecule has 0 fully saturated rings. The Morgan fingerprint density at radius 1 is 1.00 bits per heavy atom. The fourth-order valence-electron chi connectivity index (χ4n) is 1.75. The summed E-state index contributed by atoms with van der Waals surface area (Å²) in [6.45, 7) is 11.7. The number of benzene rings is 1.